The molecule has 0 aliphatic carbocycles. The Morgan fingerprint density at radius 1 is 1.17 bits per heavy atom. The molecule has 2 heterocycles. The summed E-state index contributed by atoms with van der Waals surface area (Å²) in [5, 5.41) is 9.63. The topological polar surface area (TPSA) is 89.3 Å². The van der Waals surface area contributed by atoms with Crippen molar-refractivity contribution < 1.29 is 14.1 Å². The fourth-order valence-corrected chi connectivity index (χ4v) is 2.07. The van der Waals surface area contributed by atoms with Crippen LogP contribution < -0.4 is 15.4 Å². The van der Waals surface area contributed by atoms with E-state index in [2.05, 4.69) is 20.8 Å². The van der Waals surface area contributed by atoms with Gasteiger partial charge in [-0.1, -0.05) is 11.2 Å². The second-order valence-corrected chi connectivity index (χ2v) is 5.07. The minimum absolute atomic E-state index is 0.255. The van der Waals surface area contributed by atoms with Crippen molar-refractivity contribution in [2.45, 2.75) is 6.92 Å². The van der Waals surface area contributed by atoms with Gasteiger partial charge in [0, 0.05) is 11.6 Å². The predicted molar refractivity (Wildman–Crippen MR) is 89.7 cm³/mol. The van der Waals surface area contributed by atoms with E-state index < -0.39 is 0 Å². The van der Waals surface area contributed by atoms with Gasteiger partial charge in [0.15, 0.2) is 5.82 Å². The first-order chi connectivity index (χ1) is 11.6. The highest BCUT2D eigenvalue weighted by atomic mass is 16.5. The molecule has 0 atom stereocenters. The minimum atomic E-state index is -0.255. The van der Waals surface area contributed by atoms with Crippen molar-refractivity contribution in [2.24, 2.45) is 0 Å². The van der Waals surface area contributed by atoms with E-state index in [0.29, 0.717) is 28.7 Å². The molecule has 2 N–H and O–H groups in total. The van der Waals surface area contributed by atoms with Gasteiger partial charge in [-0.25, -0.2) is 4.98 Å². The van der Waals surface area contributed by atoms with Crippen molar-refractivity contribution in [3.63, 3.8) is 0 Å². The quantitative estimate of drug-likeness (QED) is 0.748. The Balaban J connectivity index is 1.66. The Labute approximate surface area is 138 Å². The predicted octanol–water partition coefficient (Wildman–Crippen LogP) is 3.38. The molecule has 1 aromatic carbocycles. The Morgan fingerprint density at radius 2 is 2.04 bits per heavy atom. The maximum atomic E-state index is 12.2. The van der Waals surface area contributed by atoms with E-state index in [0.717, 1.165) is 5.69 Å². The third kappa shape index (κ3) is 3.70. The molecule has 2 aromatic heterocycles. The lowest BCUT2D eigenvalue weighted by atomic mass is 10.2. The van der Waals surface area contributed by atoms with Gasteiger partial charge < -0.3 is 19.9 Å². The first-order valence-corrected chi connectivity index (χ1v) is 7.26. The summed E-state index contributed by atoms with van der Waals surface area (Å²) in [6.45, 7) is 1.81. The molecule has 1 amide bonds. The van der Waals surface area contributed by atoms with Gasteiger partial charge in [-0.3, -0.25) is 4.79 Å². The van der Waals surface area contributed by atoms with Crippen LogP contribution in [0.3, 0.4) is 0 Å². The molecule has 0 bridgehead atoms. The number of pyridine rings is 1. The molecular formula is C17H16N4O3. The normalized spacial score (nSPS) is 10.2. The molecule has 122 valence electrons. The number of aryl methyl sites for hydroxylation is 1. The third-order valence-electron chi connectivity index (χ3n) is 3.24. The van der Waals surface area contributed by atoms with Crippen LogP contribution in [0.15, 0.2) is 53.2 Å². The summed E-state index contributed by atoms with van der Waals surface area (Å²) in [5.74, 6) is 2.13. The van der Waals surface area contributed by atoms with Gasteiger partial charge >= 0.3 is 0 Å². The first kappa shape index (κ1) is 15.5. The molecular weight excluding hydrogens is 308 g/mol. The molecule has 0 saturated heterocycles. The van der Waals surface area contributed by atoms with Gasteiger partial charge in [0.25, 0.3) is 5.91 Å². The number of hydrogen-bond acceptors (Lipinski definition) is 6. The number of hydrogen-bond donors (Lipinski definition) is 2. The number of rotatable bonds is 5. The maximum Gasteiger partial charge on any atom is 0.256 e. The van der Waals surface area contributed by atoms with Crippen LogP contribution in [0, 0.1) is 6.92 Å². The van der Waals surface area contributed by atoms with Crippen LogP contribution in [0.25, 0.3) is 0 Å². The van der Waals surface area contributed by atoms with E-state index in [4.69, 9.17) is 9.26 Å². The summed E-state index contributed by atoms with van der Waals surface area (Å²) in [4.78, 5) is 16.4. The van der Waals surface area contributed by atoms with Gasteiger partial charge in [-0.2, -0.15) is 0 Å². The zero-order valence-electron chi connectivity index (χ0n) is 13.2. The molecule has 7 nitrogen and oxygen atoms in total. The number of amides is 1. The molecule has 7 heteroatoms. The molecule has 3 aromatic rings. The molecule has 0 aliphatic heterocycles. The van der Waals surface area contributed by atoms with Crippen LogP contribution in [0.4, 0.5) is 17.3 Å². The Kier molecular flexibility index (Phi) is 4.42. The zero-order chi connectivity index (χ0) is 16.9. The Hall–Kier alpha value is -3.35. The maximum absolute atomic E-state index is 12.2. The van der Waals surface area contributed by atoms with E-state index in [1.807, 2.05) is 6.92 Å². The third-order valence-corrected chi connectivity index (χ3v) is 3.24. The van der Waals surface area contributed by atoms with Crippen LogP contribution in [0.5, 0.6) is 5.75 Å². The summed E-state index contributed by atoms with van der Waals surface area (Å²) in [6, 6.07) is 12.2. The summed E-state index contributed by atoms with van der Waals surface area (Å²) >= 11 is 0. The van der Waals surface area contributed by atoms with Gasteiger partial charge in [-0.05, 0) is 37.3 Å². The van der Waals surface area contributed by atoms with Crippen LogP contribution in [-0.4, -0.2) is 23.2 Å². The van der Waals surface area contributed by atoms with Crippen molar-refractivity contribution in [2.75, 3.05) is 17.7 Å². The highest BCUT2D eigenvalue weighted by Gasteiger charge is 2.08. The van der Waals surface area contributed by atoms with Crippen molar-refractivity contribution in [3.8, 4) is 5.75 Å². The molecule has 0 radical (unpaired) electrons. The molecule has 0 saturated carbocycles. The second kappa shape index (κ2) is 6.82. The van der Waals surface area contributed by atoms with Crippen LogP contribution in [0.1, 0.15) is 16.1 Å². The molecule has 0 unspecified atom stereocenters. The molecule has 24 heavy (non-hydrogen) atoms. The first-order valence-electron chi connectivity index (χ1n) is 7.26. The van der Waals surface area contributed by atoms with Gasteiger partial charge in [-0.15, -0.1) is 0 Å². The van der Waals surface area contributed by atoms with E-state index in [9.17, 15) is 4.79 Å². The number of benzene rings is 1. The molecule has 3 rings (SSSR count). The number of carbonyl (C=O) groups is 1. The fraction of sp³-hybridized carbons (Fsp3) is 0.118. The number of methoxy groups -OCH3 is 1. The van der Waals surface area contributed by atoms with Gasteiger partial charge in [0.1, 0.15) is 17.3 Å². The lowest BCUT2D eigenvalue weighted by Gasteiger charge is -2.07. The molecule has 0 aliphatic rings. The second-order valence-electron chi connectivity index (χ2n) is 5.07. The standard InChI is InChI=1S/C17H16N4O3/c1-11-8-16(21-24-11)19-13-6-7-15(18-10-13)20-17(22)12-4-3-5-14(9-12)23-2/h3-10H,1-2H3,(H,19,21)(H,18,20,22). The number of anilines is 3. The average molecular weight is 324 g/mol. The smallest absolute Gasteiger partial charge is 0.256 e. The molecule has 0 spiro atoms. The van der Waals surface area contributed by atoms with Crippen LogP contribution >= 0.6 is 0 Å². The molecule has 0 fully saturated rings. The number of nitrogens with zero attached hydrogens (tertiary/aromatic N) is 2. The summed E-state index contributed by atoms with van der Waals surface area (Å²) in [6.07, 6.45) is 1.60. The minimum Gasteiger partial charge on any atom is -0.497 e. The average Bonchev–Trinajstić information content (AvgIpc) is 3.01. The van der Waals surface area contributed by atoms with Crippen molar-refractivity contribution in [1.29, 1.82) is 0 Å². The monoisotopic (exact) mass is 324 g/mol. The van der Waals surface area contributed by atoms with Crippen LogP contribution in [-0.2, 0) is 0 Å². The highest BCUT2D eigenvalue weighted by molar-refractivity contribution is 6.04. The Bertz CT molecular complexity index is 843. The van der Waals surface area contributed by atoms with Gasteiger partial charge in [0.05, 0.1) is 19.0 Å². The van der Waals surface area contributed by atoms with E-state index in [1.54, 1.807) is 55.8 Å². The number of nitrogens with one attached hydrogen (secondary N) is 2. The zero-order valence-corrected chi connectivity index (χ0v) is 13.2. The summed E-state index contributed by atoms with van der Waals surface area (Å²) in [7, 11) is 1.56. The lowest BCUT2D eigenvalue weighted by molar-refractivity contribution is 0.102. The van der Waals surface area contributed by atoms with Gasteiger partial charge in [0.2, 0.25) is 0 Å². The van der Waals surface area contributed by atoms with Crippen molar-refractivity contribution in [1.82, 2.24) is 10.1 Å². The summed E-state index contributed by atoms with van der Waals surface area (Å²) < 4.78 is 10.1. The number of ether oxygens (including phenoxy) is 1. The van der Waals surface area contributed by atoms with Crippen molar-refractivity contribution in [3.05, 3.63) is 60.0 Å². The number of carbonyl (C=O) groups excluding carboxylic acids is 1. The number of aromatic nitrogens is 2. The van der Waals surface area contributed by atoms with Crippen molar-refractivity contribution >= 4 is 23.2 Å². The fourth-order valence-electron chi connectivity index (χ4n) is 2.07. The van der Waals surface area contributed by atoms with E-state index in [-0.39, 0.29) is 5.91 Å². The lowest BCUT2D eigenvalue weighted by Crippen LogP contribution is -2.12. The van der Waals surface area contributed by atoms with Crippen LogP contribution in [0.2, 0.25) is 0 Å². The highest BCUT2D eigenvalue weighted by Crippen LogP contribution is 2.18. The largest absolute Gasteiger partial charge is 0.497 e. The van der Waals surface area contributed by atoms with E-state index >= 15 is 0 Å². The van der Waals surface area contributed by atoms with E-state index in [1.165, 1.54) is 0 Å². The summed E-state index contributed by atoms with van der Waals surface area (Å²) in [5.41, 5.74) is 1.24. The Morgan fingerprint density at radius 3 is 2.71 bits per heavy atom. The SMILES string of the molecule is COc1cccc(C(=O)Nc2ccc(Nc3cc(C)on3)cn2)c1.